The van der Waals surface area contributed by atoms with Crippen LogP contribution in [0.5, 0.6) is 5.75 Å². The lowest BCUT2D eigenvalue weighted by atomic mass is 10.0. The lowest BCUT2D eigenvalue weighted by Gasteiger charge is -2.24. The van der Waals surface area contributed by atoms with E-state index in [1.807, 2.05) is 0 Å². The molecule has 4 amide bonds. The number of amides is 4. The Balaban J connectivity index is 3.06. The van der Waals surface area contributed by atoms with Crippen LogP contribution >= 0.6 is 0 Å². The first kappa shape index (κ1) is 28.8. The van der Waals surface area contributed by atoms with E-state index in [1.165, 1.54) is 24.3 Å². The van der Waals surface area contributed by atoms with Crippen molar-refractivity contribution in [3.63, 3.8) is 0 Å². The highest BCUT2D eigenvalue weighted by molar-refractivity contribution is 5.95. The average Bonchev–Trinajstić information content (AvgIpc) is 2.76. The molecule has 192 valence electrons. The number of rotatable bonds is 14. The number of carboxylic acids is 2. The fourth-order valence-corrected chi connectivity index (χ4v) is 2.78. The largest absolute Gasteiger partial charge is 0.508 e. The summed E-state index contributed by atoms with van der Waals surface area (Å²) < 4.78 is 0. The van der Waals surface area contributed by atoms with Crippen LogP contribution in [0.15, 0.2) is 24.3 Å². The summed E-state index contributed by atoms with van der Waals surface area (Å²) in [6, 6.07) is -0.831. The number of aliphatic carboxylic acids is 2. The van der Waals surface area contributed by atoms with Crippen molar-refractivity contribution < 1.29 is 49.2 Å². The van der Waals surface area contributed by atoms with Gasteiger partial charge in [0.1, 0.15) is 23.9 Å². The highest BCUT2D eigenvalue weighted by Crippen LogP contribution is 2.12. The molecule has 0 heterocycles. The third kappa shape index (κ3) is 10.1. The Morgan fingerprint density at radius 2 is 1.31 bits per heavy atom. The Morgan fingerprint density at radius 1 is 0.800 bits per heavy atom. The zero-order chi connectivity index (χ0) is 26.7. The SMILES string of the molecule is NC(=O)CC(NC(=O)C(Cc1ccc(O)cc1)NC(=O)C(CO)NC(=O)C(N)CC(=O)O)C(=O)O. The molecule has 11 N–H and O–H groups in total. The molecule has 0 saturated heterocycles. The normalized spacial score (nSPS) is 14.0. The summed E-state index contributed by atoms with van der Waals surface area (Å²) >= 11 is 0. The first-order valence-corrected chi connectivity index (χ1v) is 10.1. The van der Waals surface area contributed by atoms with E-state index in [9.17, 15) is 44.1 Å². The van der Waals surface area contributed by atoms with Crippen LogP contribution in [-0.4, -0.2) is 86.8 Å². The van der Waals surface area contributed by atoms with E-state index in [0.29, 0.717) is 5.56 Å². The molecule has 15 nitrogen and oxygen atoms in total. The van der Waals surface area contributed by atoms with Crippen LogP contribution in [0.4, 0.5) is 0 Å². The van der Waals surface area contributed by atoms with Gasteiger partial charge in [-0.2, -0.15) is 0 Å². The summed E-state index contributed by atoms with van der Waals surface area (Å²) in [4.78, 5) is 70.6. The van der Waals surface area contributed by atoms with E-state index < -0.39 is 79.2 Å². The summed E-state index contributed by atoms with van der Waals surface area (Å²) in [6.45, 7) is -0.940. The van der Waals surface area contributed by atoms with Gasteiger partial charge in [-0.05, 0) is 17.7 Å². The van der Waals surface area contributed by atoms with Crippen molar-refractivity contribution in [1.82, 2.24) is 16.0 Å². The molecule has 1 aromatic carbocycles. The number of nitrogens with one attached hydrogen (secondary N) is 3. The molecule has 4 unspecified atom stereocenters. The molecule has 35 heavy (non-hydrogen) atoms. The molecule has 0 bridgehead atoms. The maximum atomic E-state index is 12.8. The van der Waals surface area contributed by atoms with E-state index in [0.717, 1.165) is 0 Å². The van der Waals surface area contributed by atoms with Gasteiger partial charge in [-0.25, -0.2) is 4.79 Å². The molecular weight excluding hydrogens is 470 g/mol. The van der Waals surface area contributed by atoms with Crippen molar-refractivity contribution in [2.75, 3.05) is 6.61 Å². The Labute approximate surface area is 198 Å². The Bertz CT molecular complexity index is 952. The first-order valence-electron chi connectivity index (χ1n) is 10.1. The van der Waals surface area contributed by atoms with Crippen LogP contribution in [-0.2, 0) is 35.2 Å². The number of hydrogen-bond acceptors (Lipinski definition) is 9. The van der Waals surface area contributed by atoms with Crippen LogP contribution in [0.3, 0.4) is 0 Å². The van der Waals surface area contributed by atoms with Crippen LogP contribution in [0.25, 0.3) is 0 Å². The molecule has 0 fully saturated rings. The van der Waals surface area contributed by atoms with Gasteiger partial charge in [0.25, 0.3) is 0 Å². The molecule has 4 atom stereocenters. The second kappa shape index (κ2) is 13.5. The van der Waals surface area contributed by atoms with Crippen LogP contribution in [0.1, 0.15) is 18.4 Å². The predicted octanol–water partition coefficient (Wildman–Crippen LogP) is -3.86. The standard InChI is InChI=1S/C20H27N5O10/c21-11(6-16(29)30)17(31)25-14(8-26)19(33)23-12(5-9-1-3-10(27)4-2-9)18(32)24-13(20(34)35)7-15(22)28/h1-4,11-14,26-27H,5-8,21H2,(H2,22,28)(H,23,33)(H,24,32)(H,25,31)(H,29,30)(H,34,35). The Hall–Kier alpha value is -4.24. The molecule has 0 aromatic heterocycles. The van der Waals surface area contributed by atoms with Crippen LogP contribution in [0, 0.1) is 0 Å². The molecule has 0 radical (unpaired) electrons. The van der Waals surface area contributed by atoms with E-state index >= 15 is 0 Å². The number of carbonyl (C=O) groups is 6. The zero-order valence-corrected chi connectivity index (χ0v) is 18.3. The van der Waals surface area contributed by atoms with Gasteiger partial charge in [0.15, 0.2) is 0 Å². The minimum Gasteiger partial charge on any atom is -0.508 e. The topological polar surface area (TPSA) is 271 Å². The molecule has 0 aliphatic rings. The number of benzene rings is 1. The summed E-state index contributed by atoms with van der Waals surface area (Å²) in [5.41, 5.74) is 10.9. The second-order valence-electron chi connectivity index (χ2n) is 7.45. The Kier molecular flexibility index (Phi) is 11.1. The minimum absolute atomic E-state index is 0.0769. The van der Waals surface area contributed by atoms with Gasteiger partial charge < -0.3 is 47.8 Å². The highest BCUT2D eigenvalue weighted by atomic mass is 16.4. The summed E-state index contributed by atoms with van der Waals surface area (Å²) in [7, 11) is 0. The van der Waals surface area contributed by atoms with Crippen molar-refractivity contribution in [3.05, 3.63) is 29.8 Å². The molecule has 0 saturated carbocycles. The van der Waals surface area contributed by atoms with Crippen molar-refractivity contribution in [2.45, 2.75) is 43.4 Å². The highest BCUT2D eigenvalue weighted by Gasteiger charge is 2.31. The number of primary amides is 1. The number of phenolic OH excluding ortho intramolecular Hbond substituents is 1. The van der Waals surface area contributed by atoms with Gasteiger partial charge in [0.05, 0.1) is 25.5 Å². The van der Waals surface area contributed by atoms with Crippen molar-refractivity contribution in [1.29, 1.82) is 0 Å². The van der Waals surface area contributed by atoms with E-state index in [4.69, 9.17) is 16.6 Å². The quantitative estimate of drug-likeness (QED) is 0.120. The molecule has 0 spiro atoms. The molecule has 15 heteroatoms. The number of aliphatic hydroxyl groups is 1. The minimum atomic E-state index is -1.69. The third-order valence-electron chi connectivity index (χ3n) is 4.58. The molecule has 0 aliphatic heterocycles. The maximum absolute atomic E-state index is 12.8. The Morgan fingerprint density at radius 3 is 1.80 bits per heavy atom. The predicted molar refractivity (Wildman–Crippen MR) is 116 cm³/mol. The number of carbonyl (C=O) groups excluding carboxylic acids is 4. The van der Waals surface area contributed by atoms with Gasteiger partial charge in [0.2, 0.25) is 23.6 Å². The maximum Gasteiger partial charge on any atom is 0.326 e. The van der Waals surface area contributed by atoms with Gasteiger partial charge in [-0.1, -0.05) is 12.1 Å². The summed E-state index contributed by atoms with van der Waals surface area (Å²) in [5.74, 6) is -7.14. The van der Waals surface area contributed by atoms with Crippen molar-refractivity contribution >= 4 is 35.6 Å². The lowest BCUT2D eigenvalue weighted by molar-refractivity contribution is -0.143. The number of phenols is 1. The monoisotopic (exact) mass is 497 g/mol. The molecule has 0 aliphatic carbocycles. The molecule has 1 rings (SSSR count). The average molecular weight is 497 g/mol. The number of carboxylic acid groups (broad SMARTS) is 2. The van der Waals surface area contributed by atoms with E-state index in [2.05, 4.69) is 16.0 Å². The third-order valence-corrected chi connectivity index (χ3v) is 4.58. The van der Waals surface area contributed by atoms with Crippen molar-refractivity contribution in [3.8, 4) is 5.75 Å². The second-order valence-corrected chi connectivity index (χ2v) is 7.45. The van der Waals surface area contributed by atoms with Crippen LogP contribution < -0.4 is 27.4 Å². The number of aromatic hydroxyl groups is 1. The zero-order valence-electron chi connectivity index (χ0n) is 18.3. The smallest absolute Gasteiger partial charge is 0.326 e. The van der Waals surface area contributed by atoms with Gasteiger partial charge in [0, 0.05) is 6.42 Å². The lowest BCUT2D eigenvalue weighted by Crippen LogP contribution is -2.58. The fourth-order valence-electron chi connectivity index (χ4n) is 2.78. The number of nitrogens with two attached hydrogens (primary N) is 2. The van der Waals surface area contributed by atoms with E-state index in [-0.39, 0.29) is 12.2 Å². The summed E-state index contributed by atoms with van der Waals surface area (Å²) in [5, 5.41) is 43.3. The fraction of sp³-hybridized carbons (Fsp3) is 0.400. The van der Waals surface area contributed by atoms with Gasteiger partial charge >= 0.3 is 11.9 Å². The van der Waals surface area contributed by atoms with Crippen molar-refractivity contribution in [2.24, 2.45) is 11.5 Å². The van der Waals surface area contributed by atoms with E-state index in [1.54, 1.807) is 0 Å². The van der Waals surface area contributed by atoms with Gasteiger partial charge in [-0.15, -0.1) is 0 Å². The molecule has 1 aromatic rings. The number of aliphatic hydroxyl groups excluding tert-OH is 1. The summed E-state index contributed by atoms with van der Waals surface area (Å²) in [6.07, 6.45) is -1.68. The number of hydrogen-bond donors (Lipinski definition) is 9. The van der Waals surface area contributed by atoms with Gasteiger partial charge in [-0.3, -0.25) is 24.0 Å². The molecular formula is C20H27N5O10. The van der Waals surface area contributed by atoms with Crippen LogP contribution in [0.2, 0.25) is 0 Å². The first-order chi connectivity index (χ1) is 16.3.